The van der Waals surface area contributed by atoms with E-state index in [1.807, 2.05) is 0 Å². The van der Waals surface area contributed by atoms with E-state index in [4.69, 9.17) is 5.39 Å². The fourth-order valence-corrected chi connectivity index (χ4v) is 0. The molecule has 0 saturated heterocycles. The number of halogens is 3. The summed E-state index contributed by atoms with van der Waals surface area (Å²) in [6, 6.07) is 0. The third-order valence-electron chi connectivity index (χ3n) is 0.113. The first-order valence-electron chi connectivity index (χ1n) is 0.991. The van der Waals surface area contributed by atoms with Gasteiger partial charge >= 0.3 is 6.30 Å². The molecule has 6 heteroatoms. The monoisotopic (exact) mass is 131 g/mol. The van der Waals surface area contributed by atoms with Gasteiger partial charge in [-0.05, 0) is 0 Å². The number of nitrogens with zero attached hydrogens (tertiary/aromatic N) is 2. The summed E-state index contributed by atoms with van der Waals surface area (Å²) in [5.41, 5.74) is 0. The van der Waals surface area contributed by atoms with E-state index in [9.17, 15) is 13.2 Å². The summed E-state index contributed by atoms with van der Waals surface area (Å²) >= 11 is 0. The van der Waals surface area contributed by atoms with Gasteiger partial charge in [0.2, 0.25) is 5.39 Å². The minimum absolute atomic E-state index is 0. The van der Waals surface area contributed by atoms with Gasteiger partial charge in [0, 0.05) is 0 Å². The molecule has 7 heavy (non-hydrogen) atoms. The molecule has 0 aliphatic heterocycles. The number of diazo groups is 1. The van der Waals surface area contributed by atoms with Gasteiger partial charge in [0.05, 0.1) is 0 Å². The molecule has 0 aromatic rings. The Morgan fingerprint density at radius 2 is 1.43 bits per heavy atom. The minimum atomic E-state index is -4.78. The summed E-state index contributed by atoms with van der Waals surface area (Å²) in [6.45, 7) is 0. The maximum Gasteiger partial charge on any atom is 0.788 e. The molecule has 0 amide bonds. The molecule has 0 unspecified atom stereocenters. The first kappa shape index (κ1) is 9.75. The van der Waals surface area contributed by atoms with E-state index in [2.05, 4.69) is 0 Å². The molecular formula is CH2F3N2S+. The zero-order valence-corrected chi connectivity index (χ0v) is 4.03. The number of rotatable bonds is 0. The second-order valence-corrected chi connectivity index (χ2v) is 0.568. The number of hydrogen-bond donors (Lipinski definition) is 0. The maximum absolute atomic E-state index is 10.4. The van der Waals surface area contributed by atoms with Crippen molar-refractivity contribution in [1.82, 2.24) is 0 Å². The summed E-state index contributed by atoms with van der Waals surface area (Å²) in [5.74, 6) is 0. The van der Waals surface area contributed by atoms with Crippen LogP contribution in [-0.4, -0.2) is 6.30 Å². The predicted octanol–water partition coefficient (Wildman–Crippen LogP) is 1.47. The van der Waals surface area contributed by atoms with E-state index < -0.39 is 6.30 Å². The first-order valence-corrected chi connectivity index (χ1v) is 0.991. The van der Waals surface area contributed by atoms with Crippen molar-refractivity contribution in [3.63, 3.8) is 0 Å². The van der Waals surface area contributed by atoms with Crippen molar-refractivity contribution >= 4 is 13.5 Å². The Hall–Kier alpha value is -0.440. The van der Waals surface area contributed by atoms with Crippen LogP contribution in [-0.2, 0) is 0 Å². The Morgan fingerprint density at radius 3 is 1.43 bits per heavy atom. The molecule has 42 valence electrons. The highest BCUT2D eigenvalue weighted by Gasteiger charge is 2.46. The third-order valence-corrected chi connectivity index (χ3v) is 0.113. The molecule has 0 radical (unpaired) electrons. The van der Waals surface area contributed by atoms with Gasteiger partial charge in [-0.1, -0.05) is 13.2 Å². The largest absolute Gasteiger partial charge is 0.788 e. The summed E-state index contributed by atoms with van der Waals surface area (Å²) in [4.78, 5) is 1.02. The van der Waals surface area contributed by atoms with Crippen LogP contribution in [0.5, 0.6) is 0 Å². The van der Waals surface area contributed by atoms with E-state index in [1.165, 1.54) is 0 Å². The van der Waals surface area contributed by atoms with Gasteiger partial charge in [-0.25, -0.2) is 0 Å². The van der Waals surface area contributed by atoms with Crippen LogP contribution in [0.25, 0.3) is 4.98 Å². The lowest BCUT2D eigenvalue weighted by atomic mass is 11.2. The SMILES string of the molecule is N#[N+]C(F)(F)F.S. The second kappa shape index (κ2) is 2.69. The van der Waals surface area contributed by atoms with Gasteiger partial charge in [0.25, 0.3) is 4.98 Å². The van der Waals surface area contributed by atoms with Gasteiger partial charge in [0.15, 0.2) is 0 Å². The Kier molecular flexibility index (Phi) is 3.74. The molecule has 2 nitrogen and oxygen atoms in total. The second-order valence-electron chi connectivity index (χ2n) is 0.568. The molecule has 0 N–H and O–H groups in total. The molecule has 0 spiro atoms. The van der Waals surface area contributed by atoms with Crippen molar-refractivity contribution in [2.45, 2.75) is 6.30 Å². The summed E-state index contributed by atoms with van der Waals surface area (Å²) in [6.07, 6.45) is -4.78. The average molecular weight is 131 g/mol. The highest BCUT2D eigenvalue weighted by atomic mass is 32.1. The Morgan fingerprint density at radius 1 is 1.29 bits per heavy atom. The van der Waals surface area contributed by atoms with Crippen LogP contribution in [0.3, 0.4) is 0 Å². The standard InChI is InChI=1S/CF3N2.H2S/c2-1(3,4)6-5;/h;1H2/q+1;. The third kappa shape index (κ3) is 10.8. The summed E-state index contributed by atoms with van der Waals surface area (Å²) in [5, 5.41) is 6.90. The summed E-state index contributed by atoms with van der Waals surface area (Å²) < 4.78 is 31.1. The van der Waals surface area contributed by atoms with Crippen LogP contribution >= 0.6 is 13.5 Å². The van der Waals surface area contributed by atoms with Gasteiger partial charge in [-0.3, -0.25) is 0 Å². The Labute approximate surface area is 44.4 Å². The van der Waals surface area contributed by atoms with Crippen LogP contribution in [0.4, 0.5) is 13.2 Å². The van der Waals surface area contributed by atoms with Crippen molar-refractivity contribution in [3.8, 4) is 0 Å². The zero-order chi connectivity index (χ0) is 5.21. The predicted molar refractivity (Wildman–Crippen MR) is 21.5 cm³/mol. The molecule has 0 saturated carbocycles. The zero-order valence-electron chi connectivity index (χ0n) is 3.03. The van der Waals surface area contributed by atoms with Crippen LogP contribution < -0.4 is 0 Å². The number of hydrogen-bond acceptors (Lipinski definition) is 1. The average Bonchev–Trinajstić information content (AvgIpc) is 1.35. The van der Waals surface area contributed by atoms with E-state index in [1.54, 1.807) is 0 Å². The Balaban J connectivity index is 0. The van der Waals surface area contributed by atoms with Gasteiger partial charge in [-0.2, -0.15) is 13.5 Å². The highest BCUT2D eigenvalue weighted by molar-refractivity contribution is 7.59. The van der Waals surface area contributed by atoms with Crippen molar-refractivity contribution in [2.24, 2.45) is 0 Å². The molecule has 0 atom stereocenters. The van der Waals surface area contributed by atoms with Crippen LogP contribution in [0.1, 0.15) is 0 Å². The molecule has 0 aromatic heterocycles. The van der Waals surface area contributed by atoms with E-state index in [0.29, 0.717) is 0 Å². The minimum Gasteiger partial charge on any atom is -0.197 e. The van der Waals surface area contributed by atoms with Gasteiger partial charge < -0.3 is 0 Å². The van der Waals surface area contributed by atoms with E-state index >= 15 is 0 Å². The maximum atomic E-state index is 10.4. The van der Waals surface area contributed by atoms with E-state index in [-0.39, 0.29) is 13.5 Å². The van der Waals surface area contributed by atoms with Crippen LogP contribution in [0.15, 0.2) is 0 Å². The molecule has 0 aliphatic carbocycles. The molecule has 0 heterocycles. The van der Waals surface area contributed by atoms with Crippen molar-refractivity contribution in [3.05, 3.63) is 4.98 Å². The summed E-state index contributed by atoms with van der Waals surface area (Å²) in [7, 11) is 0. The normalized spacial score (nSPS) is 8.86. The van der Waals surface area contributed by atoms with Gasteiger partial charge in [0.1, 0.15) is 0 Å². The Bertz CT molecular complexity index is 79.9. The van der Waals surface area contributed by atoms with Crippen LogP contribution in [0.2, 0.25) is 0 Å². The highest BCUT2D eigenvalue weighted by Crippen LogP contribution is 2.14. The van der Waals surface area contributed by atoms with Crippen molar-refractivity contribution in [1.29, 1.82) is 5.39 Å². The molecule has 0 bridgehead atoms. The fourth-order valence-electron chi connectivity index (χ4n) is 0. The van der Waals surface area contributed by atoms with E-state index in [0.717, 1.165) is 4.98 Å². The fraction of sp³-hybridized carbons (Fsp3) is 1.00. The lowest BCUT2D eigenvalue weighted by Gasteiger charge is -1.67. The lowest BCUT2D eigenvalue weighted by molar-refractivity contribution is -0.0850. The van der Waals surface area contributed by atoms with Crippen molar-refractivity contribution < 1.29 is 13.2 Å². The number of alkyl halides is 3. The smallest absolute Gasteiger partial charge is 0.197 e. The molecule has 0 aliphatic rings. The first-order chi connectivity index (χ1) is 2.56. The quantitative estimate of drug-likeness (QED) is 0.361. The molecular weight excluding hydrogens is 129 g/mol. The van der Waals surface area contributed by atoms with Gasteiger partial charge in [-0.15, -0.1) is 0 Å². The lowest BCUT2D eigenvalue weighted by Crippen LogP contribution is -1.95. The molecule has 0 aromatic carbocycles. The van der Waals surface area contributed by atoms with Crippen molar-refractivity contribution in [2.75, 3.05) is 0 Å². The molecule has 0 rings (SSSR count). The topological polar surface area (TPSA) is 28.1 Å². The molecule has 0 fully saturated rings. The van der Waals surface area contributed by atoms with Crippen LogP contribution in [0, 0.1) is 5.39 Å².